The smallest absolute Gasteiger partial charge is 0.147 e. The lowest BCUT2D eigenvalue weighted by molar-refractivity contribution is -0.116. The molecule has 28 heavy (non-hydrogen) atoms. The van der Waals surface area contributed by atoms with E-state index in [1.54, 1.807) is 7.11 Å². The van der Waals surface area contributed by atoms with Gasteiger partial charge in [0.05, 0.1) is 19.5 Å². The van der Waals surface area contributed by atoms with E-state index in [1.807, 2.05) is 6.92 Å². The SMILES string of the molecule is C=C1CC2C3CC=C4C=C(OC)CC[C@@H]4C3CC[C@]2(CC)[C@]1(O)C(=C)OCC. The zero-order valence-electron chi connectivity index (χ0n) is 17.8. The molecule has 6 atom stereocenters. The van der Waals surface area contributed by atoms with Crippen LogP contribution in [0.5, 0.6) is 0 Å². The van der Waals surface area contributed by atoms with Crippen molar-refractivity contribution in [2.45, 2.75) is 64.4 Å². The highest BCUT2D eigenvalue weighted by atomic mass is 16.5. The molecule has 4 rings (SSSR count). The predicted octanol–water partition coefficient (Wildman–Crippen LogP) is 5.54. The summed E-state index contributed by atoms with van der Waals surface area (Å²) in [5.74, 6) is 4.05. The van der Waals surface area contributed by atoms with Gasteiger partial charge in [-0.05, 0) is 86.3 Å². The van der Waals surface area contributed by atoms with E-state index in [4.69, 9.17) is 9.47 Å². The van der Waals surface area contributed by atoms with Gasteiger partial charge in [0.15, 0.2) is 0 Å². The van der Waals surface area contributed by atoms with Crippen LogP contribution in [0.2, 0.25) is 0 Å². The molecule has 3 unspecified atom stereocenters. The van der Waals surface area contributed by atoms with Crippen LogP contribution in [0.4, 0.5) is 0 Å². The molecular weight excluding hydrogens is 348 g/mol. The maximum Gasteiger partial charge on any atom is 0.147 e. The van der Waals surface area contributed by atoms with E-state index in [0.29, 0.717) is 36.0 Å². The first-order valence-electron chi connectivity index (χ1n) is 11.1. The molecule has 2 fully saturated rings. The maximum atomic E-state index is 11.9. The molecule has 0 spiro atoms. The van der Waals surface area contributed by atoms with Crippen molar-refractivity contribution in [2.24, 2.45) is 29.1 Å². The molecule has 0 aromatic carbocycles. The largest absolute Gasteiger partial charge is 0.501 e. The molecule has 0 aliphatic heterocycles. The van der Waals surface area contributed by atoms with Crippen molar-refractivity contribution in [2.75, 3.05) is 13.7 Å². The number of fused-ring (bicyclic) bond motifs is 5. The second-order valence-electron chi connectivity index (χ2n) is 9.26. The van der Waals surface area contributed by atoms with Gasteiger partial charge in [0.1, 0.15) is 11.4 Å². The molecule has 154 valence electrons. The van der Waals surface area contributed by atoms with Crippen LogP contribution in [0.1, 0.15) is 58.8 Å². The number of methoxy groups -OCH3 is 1. The summed E-state index contributed by atoms with van der Waals surface area (Å²) in [5, 5.41) is 11.9. The van der Waals surface area contributed by atoms with Crippen LogP contribution in [0.15, 0.2) is 48.0 Å². The number of ether oxygens (including phenoxy) is 2. The van der Waals surface area contributed by atoms with Gasteiger partial charge in [0, 0.05) is 11.8 Å². The van der Waals surface area contributed by atoms with E-state index >= 15 is 0 Å². The first-order valence-corrected chi connectivity index (χ1v) is 11.1. The first kappa shape index (κ1) is 19.8. The molecule has 0 aromatic heterocycles. The third-order valence-electron chi connectivity index (χ3n) is 8.61. The van der Waals surface area contributed by atoms with Crippen molar-refractivity contribution < 1.29 is 14.6 Å². The highest BCUT2D eigenvalue weighted by molar-refractivity contribution is 5.40. The zero-order chi connectivity index (χ0) is 20.1. The van der Waals surface area contributed by atoms with Crippen LogP contribution in [0.3, 0.4) is 0 Å². The van der Waals surface area contributed by atoms with Crippen LogP contribution in [0.25, 0.3) is 0 Å². The van der Waals surface area contributed by atoms with Gasteiger partial charge in [-0.25, -0.2) is 0 Å². The lowest BCUT2D eigenvalue weighted by Gasteiger charge is -2.56. The van der Waals surface area contributed by atoms with Crippen LogP contribution >= 0.6 is 0 Å². The summed E-state index contributed by atoms with van der Waals surface area (Å²) in [6.45, 7) is 13.2. The van der Waals surface area contributed by atoms with Gasteiger partial charge in [0.25, 0.3) is 0 Å². The minimum Gasteiger partial charge on any atom is -0.501 e. The molecule has 4 aliphatic rings. The highest BCUT2D eigenvalue weighted by Gasteiger charge is 2.66. The Hall–Kier alpha value is -1.48. The lowest BCUT2D eigenvalue weighted by Crippen LogP contribution is -2.55. The molecule has 0 aromatic rings. The Labute approximate surface area is 170 Å². The van der Waals surface area contributed by atoms with E-state index in [1.165, 1.54) is 18.4 Å². The summed E-state index contributed by atoms with van der Waals surface area (Å²) in [4.78, 5) is 0. The van der Waals surface area contributed by atoms with Crippen molar-refractivity contribution in [3.05, 3.63) is 48.0 Å². The van der Waals surface area contributed by atoms with Crippen LogP contribution in [-0.4, -0.2) is 24.4 Å². The Morgan fingerprint density at radius 1 is 1.29 bits per heavy atom. The molecule has 1 N–H and O–H groups in total. The molecule has 0 radical (unpaired) electrons. The van der Waals surface area contributed by atoms with Gasteiger partial charge in [-0.15, -0.1) is 0 Å². The third kappa shape index (κ3) is 2.51. The van der Waals surface area contributed by atoms with E-state index < -0.39 is 5.60 Å². The average Bonchev–Trinajstić information content (AvgIpc) is 2.96. The minimum atomic E-state index is -1.09. The predicted molar refractivity (Wildman–Crippen MR) is 112 cm³/mol. The lowest BCUT2D eigenvalue weighted by atomic mass is 9.50. The zero-order valence-corrected chi connectivity index (χ0v) is 17.8. The van der Waals surface area contributed by atoms with E-state index in [9.17, 15) is 5.11 Å². The van der Waals surface area contributed by atoms with Gasteiger partial charge >= 0.3 is 0 Å². The molecule has 0 saturated heterocycles. The topological polar surface area (TPSA) is 38.7 Å². The fourth-order valence-corrected chi connectivity index (χ4v) is 7.31. The van der Waals surface area contributed by atoms with Gasteiger partial charge in [-0.1, -0.05) is 26.2 Å². The quantitative estimate of drug-likeness (QED) is 0.500. The van der Waals surface area contributed by atoms with Crippen molar-refractivity contribution >= 4 is 0 Å². The van der Waals surface area contributed by atoms with Crippen molar-refractivity contribution in [1.82, 2.24) is 0 Å². The fraction of sp³-hybridized carbons (Fsp3) is 0.680. The Morgan fingerprint density at radius 3 is 2.75 bits per heavy atom. The maximum absolute atomic E-state index is 11.9. The Balaban J connectivity index is 1.69. The third-order valence-corrected chi connectivity index (χ3v) is 8.61. The molecule has 0 amide bonds. The van der Waals surface area contributed by atoms with Gasteiger partial charge in [-0.3, -0.25) is 0 Å². The summed E-state index contributed by atoms with van der Waals surface area (Å²) < 4.78 is 11.3. The Bertz CT molecular complexity index is 732. The molecule has 2 saturated carbocycles. The van der Waals surface area contributed by atoms with E-state index in [-0.39, 0.29) is 5.41 Å². The second kappa shape index (κ2) is 7.09. The van der Waals surface area contributed by atoms with Gasteiger partial charge in [0.2, 0.25) is 0 Å². The number of hydrogen-bond acceptors (Lipinski definition) is 3. The minimum absolute atomic E-state index is 0.189. The van der Waals surface area contributed by atoms with Crippen LogP contribution in [-0.2, 0) is 9.47 Å². The second-order valence-corrected chi connectivity index (χ2v) is 9.26. The summed E-state index contributed by atoms with van der Waals surface area (Å²) >= 11 is 0. The highest BCUT2D eigenvalue weighted by Crippen LogP contribution is 2.68. The summed E-state index contributed by atoms with van der Waals surface area (Å²) in [6.07, 6.45) is 12.1. The van der Waals surface area contributed by atoms with Crippen molar-refractivity contribution in [3.8, 4) is 0 Å². The van der Waals surface area contributed by atoms with Crippen molar-refractivity contribution in [3.63, 3.8) is 0 Å². The van der Waals surface area contributed by atoms with Gasteiger partial charge < -0.3 is 14.6 Å². The first-order chi connectivity index (χ1) is 13.4. The average molecular weight is 385 g/mol. The normalized spacial score (nSPS) is 41.9. The summed E-state index contributed by atoms with van der Waals surface area (Å²) in [6, 6.07) is 0. The monoisotopic (exact) mass is 384 g/mol. The van der Waals surface area contributed by atoms with Crippen LogP contribution < -0.4 is 0 Å². The molecule has 3 nitrogen and oxygen atoms in total. The molecule has 3 heteroatoms. The molecule has 0 bridgehead atoms. The molecular formula is C25H36O3. The summed E-state index contributed by atoms with van der Waals surface area (Å²) in [7, 11) is 1.78. The van der Waals surface area contributed by atoms with E-state index in [0.717, 1.165) is 43.4 Å². The molecule has 4 aliphatic carbocycles. The molecule has 0 heterocycles. The Morgan fingerprint density at radius 2 is 2.07 bits per heavy atom. The number of aliphatic hydroxyl groups is 1. The number of hydrogen-bond donors (Lipinski definition) is 1. The Kier molecular flexibility index (Phi) is 5.02. The fourth-order valence-electron chi connectivity index (χ4n) is 7.31. The number of rotatable bonds is 5. The van der Waals surface area contributed by atoms with Crippen molar-refractivity contribution in [1.29, 1.82) is 0 Å². The standard InChI is InChI=1S/C25H36O3/c1-6-24-13-12-21-20-11-9-19(27-5)15-18(20)8-10-22(21)23(24)14-16(3)25(24,26)17(4)28-7-2/h8,15,20-23,26H,3-4,6-7,9-14H2,1-2,5H3/t20-,21?,22?,23?,24-,25+/m0/s1. The summed E-state index contributed by atoms with van der Waals surface area (Å²) in [5.41, 5.74) is 1.12. The number of allylic oxidation sites excluding steroid dienone is 4. The van der Waals surface area contributed by atoms with E-state index in [2.05, 4.69) is 32.2 Å². The van der Waals surface area contributed by atoms with Crippen LogP contribution in [0, 0.1) is 29.1 Å². The van der Waals surface area contributed by atoms with Gasteiger partial charge in [-0.2, -0.15) is 0 Å².